The molecule has 0 N–H and O–H groups in total. The summed E-state index contributed by atoms with van der Waals surface area (Å²) in [6, 6.07) is 11.9. The Labute approximate surface area is 151 Å². The van der Waals surface area contributed by atoms with E-state index in [4.69, 9.17) is 11.6 Å². The molecular formula is C18H17ClFNO3S. The van der Waals surface area contributed by atoms with Crippen LogP contribution in [0.5, 0.6) is 0 Å². The fourth-order valence-electron chi connectivity index (χ4n) is 2.98. The van der Waals surface area contributed by atoms with Gasteiger partial charge >= 0.3 is 0 Å². The molecule has 1 amide bonds. The minimum absolute atomic E-state index is 0.0551. The maximum absolute atomic E-state index is 13.1. The number of nitrogens with zero attached hydrogens (tertiary/aromatic N) is 1. The van der Waals surface area contributed by atoms with Gasteiger partial charge in [-0.3, -0.25) is 4.79 Å². The lowest BCUT2D eigenvalue weighted by Crippen LogP contribution is -2.40. The van der Waals surface area contributed by atoms with Crippen molar-refractivity contribution in [2.75, 3.05) is 11.5 Å². The first-order valence-electron chi connectivity index (χ1n) is 7.85. The van der Waals surface area contributed by atoms with Gasteiger partial charge in [-0.2, -0.15) is 0 Å². The van der Waals surface area contributed by atoms with Gasteiger partial charge in [-0.15, -0.1) is 0 Å². The minimum atomic E-state index is -3.14. The summed E-state index contributed by atoms with van der Waals surface area (Å²) in [5, 5.41) is 0.547. The third kappa shape index (κ3) is 4.38. The van der Waals surface area contributed by atoms with E-state index in [2.05, 4.69) is 0 Å². The summed E-state index contributed by atoms with van der Waals surface area (Å²) in [5.74, 6) is -0.732. The molecule has 2 aromatic rings. The van der Waals surface area contributed by atoms with Crippen LogP contribution in [0.25, 0.3) is 0 Å². The first-order chi connectivity index (χ1) is 11.8. The lowest BCUT2D eigenvalue weighted by atomic mass is 10.1. The summed E-state index contributed by atoms with van der Waals surface area (Å²) in [7, 11) is -3.14. The van der Waals surface area contributed by atoms with Gasteiger partial charge in [0, 0.05) is 23.2 Å². The lowest BCUT2D eigenvalue weighted by molar-refractivity contribution is 0.0681. The summed E-state index contributed by atoms with van der Waals surface area (Å²) in [4.78, 5) is 14.5. The molecule has 7 heteroatoms. The van der Waals surface area contributed by atoms with Crippen LogP contribution in [0.15, 0.2) is 48.5 Å². The molecule has 0 spiro atoms. The van der Waals surface area contributed by atoms with Crippen molar-refractivity contribution in [2.45, 2.75) is 19.0 Å². The largest absolute Gasteiger partial charge is 0.330 e. The van der Waals surface area contributed by atoms with Crippen LogP contribution in [0.4, 0.5) is 4.39 Å². The Balaban J connectivity index is 1.91. The Bertz CT molecular complexity index is 883. The SMILES string of the molecule is O=C(c1ccc(F)cc1)N(Cc1cccc(Cl)c1)[C@@H]1CCS(=O)(=O)C1. The number of carbonyl (C=O) groups excluding carboxylic acids is 1. The number of sulfone groups is 1. The number of hydrogen-bond acceptors (Lipinski definition) is 3. The Morgan fingerprint density at radius 1 is 1.20 bits per heavy atom. The summed E-state index contributed by atoms with van der Waals surface area (Å²) in [6.07, 6.45) is 0.399. The molecule has 1 heterocycles. The topological polar surface area (TPSA) is 54.5 Å². The number of halogens is 2. The molecule has 4 nitrogen and oxygen atoms in total. The van der Waals surface area contributed by atoms with E-state index in [-0.39, 0.29) is 24.0 Å². The summed E-state index contributed by atoms with van der Waals surface area (Å²) >= 11 is 6.01. The molecule has 25 heavy (non-hydrogen) atoms. The van der Waals surface area contributed by atoms with Crippen molar-refractivity contribution in [3.8, 4) is 0 Å². The maximum atomic E-state index is 13.1. The van der Waals surface area contributed by atoms with Crippen molar-refractivity contribution < 1.29 is 17.6 Å². The van der Waals surface area contributed by atoms with Crippen molar-refractivity contribution in [2.24, 2.45) is 0 Å². The molecule has 1 aliphatic heterocycles. The second kappa shape index (κ2) is 7.14. The Kier molecular flexibility index (Phi) is 5.11. The molecule has 0 bridgehead atoms. The molecule has 0 radical (unpaired) electrons. The fraction of sp³-hybridized carbons (Fsp3) is 0.278. The van der Waals surface area contributed by atoms with Crippen molar-refractivity contribution in [1.29, 1.82) is 0 Å². The van der Waals surface area contributed by atoms with E-state index >= 15 is 0 Å². The van der Waals surface area contributed by atoms with Crippen molar-refractivity contribution in [3.63, 3.8) is 0 Å². The second-order valence-electron chi connectivity index (χ2n) is 6.13. The molecule has 3 rings (SSSR count). The monoisotopic (exact) mass is 381 g/mol. The van der Waals surface area contributed by atoms with Crippen LogP contribution in [0.2, 0.25) is 5.02 Å². The first kappa shape index (κ1) is 17.9. The van der Waals surface area contributed by atoms with Gasteiger partial charge in [-0.1, -0.05) is 23.7 Å². The Morgan fingerprint density at radius 3 is 2.52 bits per heavy atom. The van der Waals surface area contributed by atoms with Gasteiger partial charge in [0.15, 0.2) is 9.84 Å². The van der Waals surface area contributed by atoms with E-state index in [0.717, 1.165) is 5.56 Å². The lowest BCUT2D eigenvalue weighted by Gasteiger charge is -2.28. The smallest absolute Gasteiger partial charge is 0.254 e. The van der Waals surface area contributed by atoms with Crippen molar-refractivity contribution >= 4 is 27.3 Å². The number of hydrogen-bond donors (Lipinski definition) is 0. The zero-order valence-electron chi connectivity index (χ0n) is 13.4. The molecule has 2 aromatic carbocycles. The van der Waals surface area contributed by atoms with E-state index < -0.39 is 21.7 Å². The van der Waals surface area contributed by atoms with Crippen LogP contribution in [0, 0.1) is 5.82 Å². The van der Waals surface area contributed by atoms with Crippen LogP contribution in [-0.4, -0.2) is 36.8 Å². The third-order valence-electron chi connectivity index (χ3n) is 4.24. The van der Waals surface area contributed by atoms with Gasteiger partial charge in [0.05, 0.1) is 11.5 Å². The van der Waals surface area contributed by atoms with E-state index in [9.17, 15) is 17.6 Å². The molecule has 0 aliphatic carbocycles. The molecule has 0 unspecified atom stereocenters. The van der Waals surface area contributed by atoms with Crippen LogP contribution in [0.3, 0.4) is 0 Å². The average molecular weight is 382 g/mol. The summed E-state index contributed by atoms with van der Waals surface area (Å²) in [5.41, 5.74) is 1.14. The van der Waals surface area contributed by atoms with Crippen molar-refractivity contribution in [3.05, 3.63) is 70.5 Å². The van der Waals surface area contributed by atoms with Gasteiger partial charge < -0.3 is 4.90 Å². The highest BCUT2D eigenvalue weighted by atomic mass is 35.5. The fourth-order valence-corrected chi connectivity index (χ4v) is 4.92. The predicted octanol–water partition coefficient (Wildman–Crippen LogP) is 3.31. The molecular weight excluding hydrogens is 365 g/mol. The summed E-state index contributed by atoms with van der Waals surface area (Å²) < 4.78 is 36.8. The normalized spacial score (nSPS) is 18.9. The third-order valence-corrected chi connectivity index (χ3v) is 6.23. The highest BCUT2D eigenvalue weighted by molar-refractivity contribution is 7.91. The quantitative estimate of drug-likeness (QED) is 0.816. The van der Waals surface area contributed by atoms with Crippen LogP contribution >= 0.6 is 11.6 Å². The standard InChI is InChI=1S/C18H17ClFNO3S/c19-15-3-1-2-13(10-15)11-21(17-8-9-25(23,24)12-17)18(22)14-4-6-16(20)7-5-14/h1-7,10,17H,8-9,11-12H2/t17-/m1/s1. The molecule has 1 saturated heterocycles. The summed E-state index contributed by atoms with van der Waals surface area (Å²) in [6.45, 7) is 0.247. The second-order valence-corrected chi connectivity index (χ2v) is 8.79. The zero-order valence-corrected chi connectivity index (χ0v) is 14.9. The van der Waals surface area contributed by atoms with Gasteiger partial charge in [-0.25, -0.2) is 12.8 Å². The Morgan fingerprint density at radius 2 is 1.92 bits per heavy atom. The predicted molar refractivity (Wildman–Crippen MR) is 94.8 cm³/mol. The first-order valence-corrected chi connectivity index (χ1v) is 10.1. The molecule has 132 valence electrons. The van der Waals surface area contributed by atoms with E-state index in [1.54, 1.807) is 23.1 Å². The number of amides is 1. The Hall–Kier alpha value is -1.92. The van der Waals surface area contributed by atoms with E-state index in [1.165, 1.54) is 24.3 Å². The number of carbonyl (C=O) groups is 1. The van der Waals surface area contributed by atoms with Gasteiger partial charge in [0.25, 0.3) is 5.91 Å². The molecule has 1 atom stereocenters. The molecule has 1 aliphatic rings. The van der Waals surface area contributed by atoms with Gasteiger partial charge in [0.2, 0.25) is 0 Å². The van der Waals surface area contributed by atoms with Crippen molar-refractivity contribution in [1.82, 2.24) is 4.90 Å². The highest BCUT2D eigenvalue weighted by Crippen LogP contribution is 2.23. The maximum Gasteiger partial charge on any atom is 0.254 e. The average Bonchev–Trinajstić information content (AvgIpc) is 2.92. The number of rotatable bonds is 4. The highest BCUT2D eigenvalue weighted by Gasteiger charge is 2.35. The van der Waals surface area contributed by atoms with Crippen LogP contribution < -0.4 is 0 Å². The van der Waals surface area contributed by atoms with Gasteiger partial charge in [0.1, 0.15) is 5.82 Å². The molecule has 0 aromatic heterocycles. The van der Waals surface area contributed by atoms with Crippen LogP contribution in [0.1, 0.15) is 22.3 Å². The zero-order chi connectivity index (χ0) is 18.0. The van der Waals surface area contributed by atoms with E-state index in [1.807, 2.05) is 6.07 Å². The van der Waals surface area contributed by atoms with E-state index in [0.29, 0.717) is 17.0 Å². The molecule has 1 fully saturated rings. The number of benzene rings is 2. The minimum Gasteiger partial charge on any atom is -0.330 e. The molecule has 0 saturated carbocycles. The van der Waals surface area contributed by atoms with Gasteiger partial charge in [-0.05, 0) is 48.4 Å². The van der Waals surface area contributed by atoms with Crippen LogP contribution in [-0.2, 0) is 16.4 Å².